The molecule has 0 bridgehead atoms. The highest BCUT2D eigenvalue weighted by Gasteiger charge is 2.23. The van der Waals surface area contributed by atoms with Gasteiger partial charge in [0.05, 0.1) is 16.9 Å². The molecule has 1 amide bonds. The Kier molecular flexibility index (Phi) is 5.25. The lowest BCUT2D eigenvalue weighted by atomic mass is 10.0. The Morgan fingerprint density at radius 2 is 1.48 bits per heavy atom. The molecule has 0 fully saturated rings. The lowest BCUT2D eigenvalue weighted by Crippen LogP contribution is -2.24. The molecule has 0 aliphatic carbocycles. The van der Waals surface area contributed by atoms with Gasteiger partial charge in [0.1, 0.15) is 5.69 Å². The first-order valence-corrected chi connectivity index (χ1v) is 9.68. The maximum atomic E-state index is 13.2. The molecular formula is C25H23N3O. The summed E-state index contributed by atoms with van der Waals surface area (Å²) in [5, 5.41) is 7.88. The fourth-order valence-electron chi connectivity index (χ4n) is 3.47. The summed E-state index contributed by atoms with van der Waals surface area (Å²) >= 11 is 0. The van der Waals surface area contributed by atoms with Crippen LogP contribution in [0.1, 0.15) is 27.2 Å². The van der Waals surface area contributed by atoms with Crippen molar-refractivity contribution in [2.75, 3.05) is 0 Å². The van der Waals surface area contributed by atoms with Crippen LogP contribution in [-0.4, -0.2) is 15.7 Å². The molecule has 3 aromatic carbocycles. The van der Waals surface area contributed by atoms with Gasteiger partial charge in [0.25, 0.3) is 5.91 Å². The summed E-state index contributed by atoms with van der Waals surface area (Å²) in [5.74, 6) is -0.119. The third kappa shape index (κ3) is 3.83. The molecule has 4 heteroatoms. The topological polar surface area (TPSA) is 46.9 Å². The van der Waals surface area contributed by atoms with Crippen LogP contribution in [0.5, 0.6) is 0 Å². The molecule has 4 rings (SSSR count). The van der Waals surface area contributed by atoms with Crippen LogP contribution < -0.4 is 5.32 Å². The summed E-state index contributed by atoms with van der Waals surface area (Å²) in [4.78, 5) is 13.2. The first kappa shape index (κ1) is 18.7. The van der Waals surface area contributed by atoms with Crippen molar-refractivity contribution in [3.8, 4) is 16.9 Å². The number of nitrogens with zero attached hydrogens (tertiary/aromatic N) is 2. The zero-order valence-corrected chi connectivity index (χ0v) is 16.6. The van der Waals surface area contributed by atoms with Crippen molar-refractivity contribution < 1.29 is 4.79 Å². The van der Waals surface area contributed by atoms with Gasteiger partial charge in [0.2, 0.25) is 0 Å². The van der Waals surface area contributed by atoms with Crippen LogP contribution in [0.3, 0.4) is 0 Å². The van der Waals surface area contributed by atoms with E-state index < -0.39 is 0 Å². The van der Waals surface area contributed by atoms with Gasteiger partial charge < -0.3 is 5.32 Å². The highest BCUT2D eigenvalue weighted by Crippen LogP contribution is 2.27. The number of amides is 1. The van der Waals surface area contributed by atoms with Gasteiger partial charge in [0, 0.05) is 12.1 Å². The number of para-hydroxylation sites is 1. The van der Waals surface area contributed by atoms with Crippen molar-refractivity contribution >= 4 is 5.91 Å². The third-order valence-electron chi connectivity index (χ3n) is 5.09. The second-order valence-corrected chi connectivity index (χ2v) is 7.03. The van der Waals surface area contributed by atoms with Crippen LogP contribution in [0, 0.1) is 13.8 Å². The third-order valence-corrected chi connectivity index (χ3v) is 5.09. The van der Waals surface area contributed by atoms with Gasteiger partial charge in [-0.15, -0.1) is 0 Å². The average Bonchev–Trinajstić information content (AvgIpc) is 3.11. The molecule has 0 aliphatic heterocycles. The standard InChI is InChI=1S/C25H23N3O/c1-18-11-9-10-14-21(18)17-26-25(29)23-19(2)28(22-15-7-4-8-16-22)27-24(23)20-12-5-3-6-13-20/h3-16H,17H2,1-2H3,(H,26,29). The van der Waals surface area contributed by atoms with Crippen molar-refractivity contribution in [1.82, 2.24) is 15.1 Å². The Morgan fingerprint density at radius 1 is 0.862 bits per heavy atom. The molecule has 1 N–H and O–H groups in total. The number of carbonyl (C=O) groups is 1. The van der Waals surface area contributed by atoms with E-state index in [2.05, 4.69) is 18.3 Å². The fraction of sp³-hybridized carbons (Fsp3) is 0.120. The number of aromatic nitrogens is 2. The van der Waals surface area contributed by atoms with Crippen LogP contribution in [0.4, 0.5) is 0 Å². The monoisotopic (exact) mass is 381 g/mol. The number of benzene rings is 3. The molecule has 1 heterocycles. The van der Waals surface area contributed by atoms with E-state index >= 15 is 0 Å². The number of hydrogen-bond donors (Lipinski definition) is 1. The smallest absolute Gasteiger partial charge is 0.255 e. The number of aryl methyl sites for hydroxylation is 1. The minimum absolute atomic E-state index is 0.119. The molecule has 0 unspecified atom stereocenters. The van der Waals surface area contributed by atoms with E-state index in [9.17, 15) is 4.79 Å². The highest BCUT2D eigenvalue weighted by molar-refractivity contribution is 6.01. The number of hydrogen-bond acceptors (Lipinski definition) is 2. The van der Waals surface area contributed by atoms with Gasteiger partial charge in [-0.1, -0.05) is 72.8 Å². The van der Waals surface area contributed by atoms with Crippen molar-refractivity contribution in [2.45, 2.75) is 20.4 Å². The van der Waals surface area contributed by atoms with Crippen molar-refractivity contribution in [1.29, 1.82) is 0 Å². The minimum atomic E-state index is -0.119. The van der Waals surface area contributed by atoms with Gasteiger partial charge >= 0.3 is 0 Å². The molecule has 29 heavy (non-hydrogen) atoms. The SMILES string of the molecule is Cc1ccccc1CNC(=O)c1c(-c2ccccc2)nn(-c2ccccc2)c1C. The molecule has 4 nitrogen and oxygen atoms in total. The van der Waals surface area contributed by atoms with Crippen LogP contribution in [0.25, 0.3) is 16.9 Å². The normalized spacial score (nSPS) is 10.7. The average molecular weight is 381 g/mol. The Bertz CT molecular complexity index is 1130. The molecule has 0 spiro atoms. The molecule has 0 radical (unpaired) electrons. The molecule has 144 valence electrons. The molecule has 4 aromatic rings. The van der Waals surface area contributed by atoms with E-state index in [1.54, 1.807) is 0 Å². The van der Waals surface area contributed by atoms with Gasteiger partial charge in [-0.25, -0.2) is 4.68 Å². The zero-order chi connectivity index (χ0) is 20.2. The fourth-order valence-corrected chi connectivity index (χ4v) is 3.47. The largest absolute Gasteiger partial charge is 0.348 e. The Morgan fingerprint density at radius 3 is 2.17 bits per heavy atom. The molecule has 0 saturated heterocycles. The summed E-state index contributed by atoms with van der Waals surface area (Å²) in [7, 11) is 0. The lowest BCUT2D eigenvalue weighted by molar-refractivity contribution is 0.0951. The molecule has 0 saturated carbocycles. The Hall–Kier alpha value is -3.66. The van der Waals surface area contributed by atoms with E-state index in [0.717, 1.165) is 28.1 Å². The van der Waals surface area contributed by atoms with Crippen LogP contribution in [0.15, 0.2) is 84.9 Å². The first-order valence-electron chi connectivity index (χ1n) is 9.68. The first-order chi connectivity index (χ1) is 14.1. The number of nitrogens with one attached hydrogen (secondary N) is 1. The molecular weight excluding hydrogens is 358 g/mol. The predicted octanol–water partition coefficient (Wildman–Crippen LogP) is 5.09. The van der Waals surface area contributed by atoms with E-state index in [0.29, 0.717) is 17.8 Å². The molecule has 1 aromatic heterocycles. The summed E-state index contributed by atoms with van der Waals surface area (Å²) in [5.41, 5.74) is 6.23. The van der Waals surface area contributed by atoms with Gasteiger partial charge in [-0.3, -0.25) is 4.79 Å². The van der Waals surface area contributed by atoms with Crippen LogP contribution in [0.2, 0.25) is 0 Å². The van der Waals surface area contributed by atoms with E-state index in [-0.39, 0.29) is 5.91 Å². The Balaban J connectivity index is 1.74. The maximum Gasteiger partial charge on any atom is 0.255 e. The van der Waals surface area contributed by atoms with Gasteiger partial charge in [-0.05, 0) is 37.1 Å². The zero-order valence-electron chi connectivity index (χ0n) is 16.6. The lowest BCUT2D eigenvalue weighted by Gasteiger charge is -2.09. The highest BCUT2D eigenvalue weighted by atomic mass is 16.1. The molecule has 0 atom stereocenters. The van der Waals surface area contributed by atoms with Crippen molar-refractivity contribution in [2.24, 2.45) is 0 Å². The van der Waals surface area contributed by atoms with Crippen molar-refractivity contribution in [3.05, 3.63) is 107 Å². The van der Waals surface area contributed by atoms with Crippen LogP contribution >= 0.6 is 0 Å². The van der Waals surface area contributed by atoms with Gasteiger partial charge in [0.15, 0.2) is 0 Å². The van der Waals surface area contributed by atoms with E-state index in [4.69, 9.17) is 5.10 Å². The number of carbonyl (C=O) groups excluding carboxylic acids is 1. The summed E-state index contributed by atoms with van der Waals surface area (Å²) in [6.07, 6.45) is 0. The predicted molar refractivity (Wildman–Crippen MR) is 116 cm³/mol. The van der Waals surface area contributed by atoms with Crippen LogP contribution in [-0.2, 0) is 6.54 Å². The number of rotatable bonds is 5. The summed E-state index contributed by atoms with van der Waals surface area (Å²) in [6.45, 7) is 4.47. The summed E-state index contributed by atoms with van der Waals surface area (Å²) < 4.78 is 1.84. The minimum Gasteiger partial charge on any atom is -0.348 e. The summed E-state index contributed by atoms with van der Waals surface area (Å²) in [6, 6.07) is 27.8. The maximum absolute atomic E-state index is 13.2. The van der Waals surface area contributed by atoms with Gasteiger partial charge in [-0.2, -0.15) is 5.10 Å². The van der Waals surface area contributed by atoms with E-state index in [1.165, 1.54) is 0 Å². The second-order valence-electron chi connectivity index (χ2n) is 7.03. The quantitative estimate of drug-likeness (QED) is 0.524. The van der Waals surface area contributed by atoms with E-state index in [1.807, 2.05) is 90.5 Å². The van der Waals surface area contributed by atoms with Crippen molar-refractivity contribution in [3.63, 3.8) is 0 Å². The Labute approximate surface area is 170 Å². The molecule has 0 aliphatic rings. The second kappa shape index (κ2) is 8.15.